The standard InChI is InChI=1S/C20H18F2N2O2S2/c1-24(10-14-6-8-16(9-7-14)26-20(21)22)19(25)17-4-2-3-5-18(17)28-12-15-11-27-13-23-15/h2-9,11,13,20H,10,12H2,1H3. The number of hydrogen-bond acceptors (Lipinski definition) is 5. The van der Waals surface area contributed by atoms with Crippen molar-refractivity contribution in [3.63, 3.8) is 0 Å². The van der Waals surface area contributed by atoms with Crippen molar-refractivity contribution in [2.75, 3.05) is 7.05 Å². The van der Waals surface area contributed by atoms with Gasteiger partial charge in [0.05, 0.1) is 16.8 Å². The Morgan fingerprint density at radius 1 is 1.21 bits per heavy atom. The second kappa shape index (κ2) is 9.66. The van der Waals surface area contributed by atoms with Crippen molar-refractivity contribution in [3.05, 3.63) is 76.2 Å². The van der Waals surface area contributed by atoms with Gasteiger partial charge in [0.15, 0.2) is 0 Å². The van der Waals surface area contributed by atoms with Crippen molar-refractivity contribution in [1.82, 2.24) is 9.88 Å². The topological polar surface area (TPSA) is 42.4 Å². The number of benzene rings is 2. The van der Waals surface area contributed by atoms with Crippen molar-refractivity contribution >= 4 is 29.0 Å². The lowest BCUT2D eigenvalue weighted by atomic mass is 10.1. The van der Waals surface area contributed by atoms with Crippen molar-refractivity contribution in [3.8, 4) is 5.75 Å². The van der Waals surface area contributed by atoms with E-state index in [0.717, 1.165) is 16.2 Å². The monoisotopic (exact) mass is 420 g/mol. The van der Waals surface area contributed by atoms with Crippen molar-refractivity contribution in [1.29, 1.82) is 0 Å². The zero-order valence-corrected chi connectivity index (χ0v) is 16.7. The van der Waals surface area contributed by atoms with Gasteiger partial charge < -0.3 is 9.64 Å². The van der Waals surface area contributed by atoms with E-state index in [1.54, 1.807) is 52.7 Å². The van der Waals surface area contributed by atoms with Crippen LogP contribution in [0.5, 0.6) is 5.75 Å². The molecule has 3 aromatic rings. The van der Waals surface area contributed by atoms with E-state index in [4.69, 9.17) is 0 Å². The second-order valence-corrected chi connectivity index (χ2v) is 7.68. The molecule has 146 valence electrons. The molecule has 0 saturated heterocycles. The van der Waals surface area contributed by atoms with Crippen LogP contribution in [0, 0.1) is 0 Å². The number of alkyl halides is 2. The third-order valence-electron chi connectivity index (χ3n) is 3.89. The lowest BCUT2D eigenvalue weighted by molar-refractivity contribution is -0.0498. The van der Waals surface area contributed by atoms with Crippen LogP contribution in [0.2, 0.25) is 0 Å². The summed E-state index contributed by atoms with van der Waals surface area (Å²) in [6, 6.07) is 13.8. The average molecular weight is 421 g/mol. The predicted molar refractivity (Wildman–Crippen MR) is 107 cm³/mol. The van der Waals surface area contributed by atoms with E-state index in [1.807, 2.05) is 29.6 Å². The molecule has 28 heavy (non-hydrogen) atoms. The van der Waals surface area contributed by atoms with Gasteiger partial charge in [-0.3, -0.25) is 4.79 Å². The number of ether oxygens (including phenoxy) is 1. The van der Waals surface area contributed by atoms with Crippen molar-refractivity contribution in [2.45, 2.75) is 23.8 Å². The lowest BCUT2D eigenvalue weighted by Crippen LogP contribution is -2.26. The molecule has 0 radical (unpaired) electrons. The van der Waals surface area contributed by atoms with Gasteiger partial charge in [-0.15, -0.1) is 23.1 Å². The number of hydrogen-bond donors (Lipinski definition) is 0. The fraction of sp³-hybridized carbons (Fsp3) is 0.200. The van der Waals surface area contributed by atoms with Gasteiger partial charge in [0, 0.05) is 29.6 Å². The van der Waals surface area contributed by atoms with Gasteiger partial charge in [0.2, 0.25) is 0 Å². The number of thioether (sulfide) groups is 1. The van der Waals surface area contributed by atoms with E-state index >= 15 is 0 Å². The largest absolute Gasteiger partial charge is 0.435 e. The number of halogens is 2. The van der Waals surface area contributed by atoms with Gasteiger partial charge in [-0.1, -0.05) is 24.3 Å². The zero-order chi connectivity index (χ0) is 19.9. The molecule has 0 aliphatic heterocycles. The van der Waals surface area contributed by atoms with E-state index in [-0.39, 0.29) is 11.7 Å². The summed E-state index contributed by atoms with van der Waals surface area (Å²) in [4.78, 5) is 19.7. The van der Waals surface area contributed by atoms with Crippen LogP contribution in [0.1, 0.15) is 21.6 Å². The Morgan fingerprint density at radius 3 is 2.64 bits per heavy atom. The Bertz CT molecular complexity index is 903. The molecule has 1 amide bonds. The molecule has 0 saturated carbocycles. The molecule has 0 bridgehead atoms. The summed E-state index contributed by atoms with van der Waals surface area (Å²) in [5.41, 5.74) is 4.22. The number of aromatic nitrogens is 1. The van der Waals surface area contributed by atoms with E-state index in [0.29, 0.717) is 17.9 Å². The minimum Gasteiger partial charge on any atom is -0.435 e. The summed E-state index contributed by atoms with van der Waals surface area (Å²) in [6.07, 6.45) is 0. The van der Waals surface area contributed by atoms with E-state index in [2.05, 4.69) is 9.72 Å². The highest BCUT2D eigenvalue weighted by molar-refractivity contribution is 7.98. The fourth-order valence-corrected chi connectivity index (χ4v) is 4.17. The van der Waals surface area contributed by atoms with Gasteiger partial charge >= 0.3 is 6.61 Å². The minimum absolute atomic E-state index is 0.0940. The molecule has 0 aliphatic rings. The Labute approximate surface area is 170 Å². The molecule has 4 nitrogen and oxygen atoms in total. The van der Waals surface area contributed by atoms with Crippen LogP contribution in [0.4, 0.5) is 8.78 Å². The van der Waals surface area contributed by atoms with Gasteiger partial charge in [0.1, 0.15) is 5.75 Å². The molecule has 8 heteroatoms. The maximum absolute atomic E-state index is 12.9. The molecule has 1 aromatic heterocycles. The third kappa shape index (κ3) is 5.53. The molecular formula is C20H18F2N2O2S2. The van der Waals surface area contributed by atoms with Gasteiger partial charge in [-0.05, 0) is 29.8 Å². The number of carbonyl (C=O) groups excluding carboxylic acids is 1. The molecule has 0 aliphatic carbocycles. The maximum atomic E-state index is 12.9. The average Bonchev–Trinajstić information content (AvgIpc) is 3.21. The molecule has 0 atom stereocenters. The minimum atomic E-state index is -2.85. The number of carbonyl (C=O) groups is 1. The normalized spacial score (nSPS) is 10.9. The molecule has 2 aromatic carbocycles. The second-order valence-electron chi connectivity index (χ2n) is 5.95. The number of rotatable bonds is 8. The zero-order valence-electron chi connectivity index (χ0n) is 15.0. The van der Waals surface area contributed by atoms with Gasteiger partial charge in [0.25, 0.3) is 5.91 Å². The van der Waals surface area contributed by atoms with Gasteiger partial charge in [-0.2, -0.15) is 8.78 Å². The highest BCUT2D eigenvalue weighted by atomic mass is 32.2. The molecular weight excluding hydrogens is 402 g/mol. The van der Waals surface area contributed by atoms with Crippen LogP contribution < -0.4 is 4.74 Å². The summed E-state index contributed by atoms with van der Waals surface area (Å²) in [5, 5.41) is 1.99. The maximum Gasteiger partial charge on any atom is 0.387 e. The van der Waals surface area contributed by atoms with Crippen LogP contribution in [0.3, 0.4) is 0 Å². The van der Waals surface area contributed by atoms with Crippen LogP contribution in [-0.2, 0) is 12.3 Å². The lowest BCUT2D eigenvalue weighted by Gasteiger charge is -2.19. The Hall–Kier alpha value is -2.45. The first kappa shape index (κ1) is 20.3. The summed E-state index contributed by atoms with van der Waals surface area (Å²) < 4.78 is 28.8. The molecule has 0 fully saturated rings. The number of thiazole rings is 1. The summed E-state index contributed by atoms with van der Waals surface area (Å²) >= 11 is 3.12. The van der Waals surface area contributed by atoms with Crippen LogP contribution in [0.15, 0.2) is 64.3 Å². The van der Waals surface area contributed by atoms with Crippen LogP contribution in [0.25, 0.3) is 0 Å². The molecule has 1 heterocycles. The highest BCUT2D eigenvalue weighted by Gasteiger charge is 2.16. The van der Waals surface area contributed by atoms with E-state index < -0.39 is 6.61 Å². The summed E-state index contributed by atoms with van der Waals surface area (Å²) in [6.45, 7) is -2.49. The van der Waals surface area contributed by atoms with E-state index in [9.17, 15) is 13.6 Å². The summed E-state index contributed by atoms with van der Waals surface area (Å²) in [7, 11) is 1.72. The third-order valence-corrected chi connectivity index (χ3v) is 5.63. The fourth-order valence-electron chi connectivity index (χ4n) is 2.56. The smallest absolute Gasteiger partial charge is 0.387 e. The van der Waals surface area contributed by atoms with Crippen LogP contribution in [-0.4, -0.2) is 29.5 Å². The SMILES string of the molecule is CN(Cc1ccc(OC(F)F)cc1)C(=O)c1ccccc1SCc1cscn1. The Balaban J connectivity index is 1.66. The number of nitrogens with zero attached hydrogens (tertiary/aromatic N) is 2. The highest BCUT2D eigenvalue weighted by Crippen LogP contribution is 2.27. The van der Waals surface area contributed by atoms with E-state index in [1.165, 1.54) is 12.1 Å². The molecule has 3 rings (SSSR count). The van der Waals surface area contributed by atoms with Crippen molar-refractivity contribution in [2.24, 2.45) is 0 Å². The quantitative estimate of drug-likeness (QED) is 0.463. The number of amides is 1. The van der Waals surface area contributed by atoms with Gasteiger partial charge in [-0.25, -0.2) is 4.98 Å². The summed E-state index contributed by atoms with van der Waals surface area (Å²) in [5.74, 6) is 0.689. The first-order valence-electron chi connectivity index (χ1n) is 8.41. The molecule has 0 unspecified atom stereocenters. The predicted octanol–water partition coefficient (Wildman–Crippen LogP) is 5.31. The van der Waals surface area contributed by atoms with Crippen molar-refractivity contribution < 1.29 is 18.3 Å². The molecule has 0 spiro atoms. The molecule has 0 N–H and O–H groups in total. The van der Waals surface area contributed by atoms with Crippen LogP contribution >= 0.6 is 23.1 Å². The Kier molecular flexibility index (Phi) is 7.00. The Morgan fingerprint density at radius 2 is 1.96 bits per heavy atom. The first-order valence-corrected chi connectivity index (χ1v) is 10.3. The first-order chi connectivity index (χ1) is 13.5.